The smallest absolute Gasteiger partial charge is 0.488 e. The van der Waals surface area contributed by atoms with Crippen LogP contribution < -0.4 is 9.47 Å². The van der Waals surface area contributed by atoms with Crippen molar-refractivity contribution in [2.75, 3.05) is 7.11 Å². The number of methoxy groups -OCH3 is 1. The Bertz CT molecular complexity index is 837. The lowest BCUT2D eigenvalue weighted by molar-refractivity contribution is -0.139. The Balaban J connectivity index is 2.37. The predicted octanol–water partition coefficient (Wildman–Crippen LogP) is 5.78. The van der Waals surface area contributed by atoms with Crippen LogP contribution in [0.15, 0.2) is 30.3 Å². The summed E-state index contributed by atoms with van der Waals surface area (Å²) in [5.74, 6) is -1.61. The summed E-state index contributed by atoms with van der Waals surface area (Å²) in [6.45, 7) is 1.04. The molecule has 0 aromatic heterocycles. The van der Waals surface area contributed by atoms with Gasteiger partial charge in [0, 0.05) is 5.02 Å². The van der Waals surface area contributed by atoms with Crippen LogP contribution in [0.2, 0.25) is 5.02 Å². The molecule has 0 aliphatic rings. The van der Waals surface area contributed by atoms with Gasteiger partial charge in [-0.2, -0.15) is 13.2 Å². The molecule has 0 aliphatic heterocycles. The number of halogens is 5. The van der Waals surface area contributed by atoms with Gasteiger partial charge >= 0.3 is 12.3 Å². The van der Waals surface area contributed by atoms with Crippen molar-refractivity contribution in [1.82, 2.24) is 0 Å². The average Bonchev–Trinajstić information content (AvgIpc) is 2.60. The molecule has 4 nitrogen and oxygen atoms in total. The van der Waals surface area contributed by atoms with Gasteiger partial charge in [-0.25, -0.2) is 9.18 Å². The van der Waals surface area contributed by atoms with Crippen molar-refractivity contribution in [2.24, 2.45) is 0 Å². The standard InChI is InChI=1S/C18H15ClF4O4/c1-3-10-7-12(18(21,22)23)16(8-13(10)19)26-9-11-14(20)5-4-6-15(11)27-17(24)25-2/h4-8H,3,9H2,1-2H3. The Morgan fingerprint density at radius 2 is 1.89 bits per heavy atom. The van der Waals surface area contributed by atoms with E-state index in [-0.39, 0.29) is 16.3 Å². The summed E-state index contributed by atoms with van der Waals surface area (Å²) >= 11 is 5.98. The fraction of sp³-hybridized carbons (Fsp3) is 0.278. The van der Waals surface area contributed by atoms with Gasteiger partial charge in [0.25, 0.3) is 0 Å². The number of benzene rings is 2. The van der Waals surface area contributed by atoms with Gasteiger partial charge in [0.2, 0.25) is 0 Å². The van der Waals surface area contributed by atoms with E-state index < -0.39 is 36.1 Å². The average molecular weight is 407 g/mol. The number of carbonyl (C=O) groups excluding carboxylic acids is 1. The maximum Gasteiger partial charge on any atom is 0.513 e. The van der Waals surface area contributed by atoms with E-state index >= 15 is 0 Å². The van der Waals surface area contributed by atoms with E-state index in [2.05, 4.69) is 4.74 Å². The van der Waals surface area contributed by atoms with Crippen LogP contribution in [0.1, 0.15) is 23.6 Å². The second-order valence-electron chi connectivity index (χ2n) is 5.35. The summed E-state index contributed by atoms with van der Waals surface area (Å²) in [5.41, 5.74) is -0.973. The van der Waals surface area contributed by atoms with Gasteiger partial charge in [-0.05, 0) is 36.2 Å². The SMILES string of the molecule is CCc1cc(C(F)(F)F)c(OCc2c(F)cccc2OC(=O)OC)cc1Cl. The monoisotopic (exact) mass is 406 g/mol. The topological polar surface area (TPSA) is 44.8 Å². The predicted molar refractivity (Wildman–Crippen MR) is 89.6 cm³/mol. The molecule has 0 amide bonds. The highest BCUT2D eigenvalue weighted by Crippen LogP contribution is 2.40. The zero-order valence-corrected chi connectivity index (χ0v) is 15.1. The Labute approximate surface area is 157 Å². The van der Waals surface area contributed by atoms with Crippen LogP contribution in [0.5, 0.6) is 11.5 Å². The van der Waals surface area contributed by atoms with Gasteiger partial charge in [-0.1, -0.05) is 24.6 Å². The lowest BCUT2D eigenvalue weighted by Crippen LogP contribution is -2.13. The second-order valence-corrected chi connectivity index (χ2v) is 5.76. The van der Waals surface area contributed by atoms with Gasteiger partial charge in [0.05, 0.1) is 18.2 Å². The summed E-state index contributed by atoms with van der Waals surface area (Å²) < 4.78 is 68.3. The number of rotatable bonds is 5. The van der Waals surface area contributed by atoms with E-state index in [9.17, 15) is 22.4 Å². The number of alkyl halides is 3. The third-order valence-electron chi connectivity index (χ3n) is 3.64. The van der Waals surface area contributed by atoms with Crippen LogP contribution in [0.25, 0.3) is 0 Å². The fourth-order valence-corrected chi connectivity index (χ4v) is 2.55. The molecular weight excluding hydrogens is 392 g/mol. The van der Waals surface area contributed by atoms with Crippen molar-refractivity contribution in [1.29, 1.82) is 0 Å². The molecule has 146 valence electrons. The maximum atomic E-state index is 14.1. The second kappa shape index (κ2) is 8.47. The first-order chi connectivity index (χ1) is 12.7. The molecule has 0 saturated carbocycles. The van der Waals surface area contributed by atoms with Crippen LogP contribution in [0.3, 0.4) is 0 Å². The first-order valence-corrected chi connectivity index (χ1v) is 8.10. The van der Waals surface area contributed by atoms with Crippen LogP contribution in [-0.4, -0.2) is 13.3 Å². The highest BCUT2D eigenvalue weighted by atomic mass is 35.5. The normalized spacial score (nSPS) is 11.2. The third-order valence-corrected chi connectivity index (χ3v) is 3.99. The van der Waals surface area contributed by atoms with Gasteiger partial charge in [0.15, 0.2) is 0 Å². The Morgan fingerprint density at radius 3 is 2.48 bits per heavy atom. The minimum Gasteiger partial charge on any atom is -0.488 e. The largest absolute Gasteiger partial charge is 0.513 e. The molecule has 0 saturated heterocycles. The molecule has 2 rings (SSSR count). The molecule has 0 spiro atoms. The Hall–Kier alpha value is -2.48. The summed E-state index contributed by atoms with van der Waals surface area (Å²) in [6.07, 6.45) is -5.50. The van der Waals surface area contributed by atoms with Crippen molar-refractivity contribution in [2.45, 2.75) is 26.1 Å². The molecule has 0 radical (unpaired) electrons. The molecule has 0 unspecified atom stereocenters. The first kappa shape index (κ1) is 20.8. The lowest BCUT2D eigenvalue weighted by Gasteiger charge is -2.17. The number of hydrogen-bond donors (Lipinski definition) is 0. The van der Waals surface area contributed by atoms with Crippen molar-refractivity contribution in [3.8, 4) is 11.5 Å². The molecule has 27 heavy (non-hydrogen) atoms. The van der Waals surface area contributed by atoms with E-state index in [1.807, 2.05) is 0 Å². The zero-order valence-electron chi connectivity index (χ0n) is 14.3. The van der Waals surface area contributed by atoms with Gasteiger partial charge < -0.3 is 14.2 Å². The van der Waals surface area contributed by atoms with Gasteiger partial charge in [-0.3, -0.25) is 0 Å². The van der Waals surface area contributed by atoms with Gasteiger partial charge in [0.1, 0.15) is 23.9 Å². The number of carbonyl (C=O) groups is 1. The molecule has 9 heteroatoms. The lowest BCUT2D eigenvalue weighted by atomic mass is 10.1. The van der Waals surface area contributed by atoms with E-state index in [0.29, 0.717) is 12.0 Å². The Kier molecular flexibility index (Phi) is 6.54. The summed E-state index contributed by atoms with van der Waals surface area (Å²) in [5, 5.41) is 0.0973. The first-order valence-electron chi connectivity index (χ1n) is 7.73. The van der Waals surface area contributed by atoms with Crippen LogP contribution in [0, 0.1) is 5.82 Å². The van der Waals surface area contributed by atoms with E-state index in [4.69, 9.17) is 21.1 Å². The molecule has 2 aromatic carbocycles. The minimum absolute atomic E-state index is 0.0973. The molecule has 2 aromatic rings. The highest BCUT2D eigenvalue weighted by molar-refractivity contribution is 6.31. The number of aryl methyl sites for hydroxylation is 1. The third kappa shape index (κ3) is 5.03. The molecule has 0 bridgehead atoms. The zero-order chi connectivity index (χ0) is 20.2. The van der Waals surface area contributed by atoms with Gasteiger partial charge in [-0.15, -0.1) is 0 Å². The van der Waals surface area contributed by atoms with E-state index in [0.717, 1.165) is 25.3 Å². The van der Waals surface area contributed by atoms with Crippen molar-refractivity contribution >= 4 is 17.8 Å². The van der Waals surface area contributed by atoms with E-state index in [1.54, 1.807) is 6.92 Å². The van der Waals surface area contributed by atoms with Crippen molar-refractivity contribution in [3.63, 3.8) is 0 Å². The van der Waals surface area contributed by atoms with Crippen LogP contribution >= 0.6 is 11.6 Å². The maximum absolute atomic E-state index is 14.1. The number of ether oxygens (including phenoxy) is 3. The molecular formula is C18H15ClF4O4. The summed E-state index contributed by atoms with van der Waals surface area (Å²) in [4.78, 5) is 11.2. The van der Waals surface area contributed by atoms with Crippen molar-refractivity contribution < 1.29 is 36.6 Å². The number of hydrogen-bond acceptors (Lipinski definition) is 4. The van der Waals surface area contributed by atoms with Crippen LogP contribution in [0.4, 0.5) is 22.4 Å². The molecule has 0 N–H and O–H groups in total. The quantitative estimate of drug-likeness (QED) is 0.358. The van der Waals surface area contributed by atoms with Crippen molar-refractivity contribution in [3.05, 3.63) is 57.9 Å². The Morgan fingerprint density at radius 1 is 1.19 bits per heavy atom. The van der Waals surface area contributed by atoms with E-state index in [1.165, 1.54) is 12.1 Å². The molecule has 0 atom stereocenters. The highest BCUT2D eigenvalue weighted by Gasteiger charge is 2.35. The molecule has 0 heterocycles. The summed E-state index contributed by atoms with van der Waals surface area (Å²) in [7, 11) is 1.06. The van der Waals surface area contributed by atoms with Crippen LogP contribution in [-0.2, 0) is 23.9 Å². The minimum atomic E-state index is -4.69. The molecule has 0 aliphatic carbocycles. The molecule has 0 fully saturated rings. The fourth-order valence-electron chi connectivity index (χ4n) is 2.27. The summed E-state index contributed by atoms with van der Waals surface area (Å²) in [6, 6.07) is 5.51.